The van der Waals surface area contributed by atoms with Gasteiger partial charge in [-0.1, -0.05) is 30.2 Å². The Hall–Kier alpha value is -0.840. The topological polar surface area (TPSA) is 55.9 Å². The standard InChI is InChI=1S/C14H23ClN4/c1-2-8-19-14(12(15)10-17-19)13(18-16)9-11-6-4-3-5-7-11/h6,10,13,18H,2-5,7-9,16H2,1H3. The van der Waals surface area contributed by atoms with Gasteiger partial charge in [0.05, 0.1) is 23.0 Å². The zero-order chi connectivity index (χ0) is 13.7. The van der Waals surface area contributed by atoms with Gasteiger partial charge in [-0.15, -0.1) is 0 Å². The van der Waals surface area contributed by atoms with Gasteiger partial charge in [0.25, 0.3) is 0 Å². The van der Waals surface area contributed by atoms with Crippen LogP contribution >= 0.6 is 11.6 Å². The average Bonchev–Trinajstić information content (AvgIpc) is 2.79. The third-order valence-electron chi connectivity index (χ3n) is 3.65. The second-order valence-corrected chi connectivity index (χ2v) is 5.54. The molecule has 1 aliphatic rings. The molecule has 1 atom stereocenters. The van der Waals surface area contributed by atoms with Crippen molar-refractivity contribution in [2.24, 2.45) is 5.84 Å². The summed E-state index contributed by atoms with van der Waals surface area (Å²) in [5.41, 5.74) is 5.40. The lowest BCUT2D eigenvalue weighted by Crippen LogP contribution is -2.30. The monoisotopic (exact) mass is 282 g/mol. The number of nitrogens with two attached hydrogens (primary N) is 1. The summed E-state index contributed by atoms with van der Waals surface area (Å²) in [5, 5.41) is 5.04. The molecule has 0 saturated carbocycles. The van der Waals surface area contributed by atoms with Crippen LogP contribution < -0.4 is 11.3 Å². The lowest BCUT2D eigenvalue weighted by atomic mass is 9.93. The maximum Gasteiger partial charge on any atom is 0.0834 e. The van der Waals surface area contributed by atoms with Crippen molar-refractivity contribution in [2.45, 2.75) is 58.0 Å². The van der Waals surface area contributed by atoms with Crippen molar-refractivity contribution in [1.82, 2.24) is 15.2 Å². The van der Waals surface area contributed by atoms with E-state index in [1.165, 1.54) is 31.3 Å². The molecule has 5 heteroatoms. The molecule has 1 aliphatic carbocycles. The van der Waals surface area contributed by atoms with Crippen LogP contribution in [0.25, 0.3) is 0 Å². The zero-order valence-electron chi connectivity index (χ0n) is 11.5. The van der Waals surface area contributed by atoms with Crippen LogP contribution in [0.2, 0.25) is 5.02 Å². The largest absolute Gasteiger partial charge is 0.271 e. The number of aromatic nitrogens is 2. The molecule has 0 fully saturated rings. The maximum absolute atomic E-state index is 6.27. The van der Waals surface area contributed by atoms with Crippen molar-refractivity contribution in [3.8, 4) is 0 Å². The van der Waals surface area contributed by atoms with Crippen LogP contribution in [0, 0.1) is 0 Å². The highest BCUT2D eigenvalue weighted by Crippen LogP contribution is 2.30. The summed E-state index contributed by atoms with van der Waals surface area (Å²) in [7, 11) is 0. The van der Waals surface area contributed by atoms with Crippen LogP contribution in [0.4, 0.5) is 0 Å². The Labute approximate surface area is 120 Å². The van der Waals surface area contributed by atoms with E-state index in [0.29, 0.717) is 5.02 Å². The first kappa shape index (κ1) is 14.6. The molecule has 0 radical (unpaired) electrons. The van der Waals surface area contributed by atoms with Gasteiger partial charge in [-0.25, -0.2) is 0 Å². The lowest BCUT2D eigenvalue weighted by Gasteiger charge is -2.21. The average molecular weight is 283 g/mol. The van der Waals surface area contributed by atoms with Crippen LogP contribution in [0.15, 0.2) is 17.8 Å². The second kappa shape index (κ2) is 7.08. The molecular formula is C14H23ClN4. The molecule has 0 saturated heterocycles. The minimum atomic E-state index is 0.0471. The number of rotatable bonds is 6. The van der Waals surface area contributed by atoms with Crippen molar-refractivity contribution < 1.29 is 0 Å². The predicted molar refractivity (Wildman–Crippen MR) is 78.8 cm³/mol. The zero-order valence-corrected chi connectivity index (χ0v) is 12.3. The Morgan fingerprint density at radius 3 is 3.00 bits per heavy atom. The van der Waals surface area contributed by atoms with E-state index in [2.05, 4.69) is 23.5 Å². The molecule has 2 rings (SSSR count). The smallest absolute Gasteiger partial charge is 0.0834 e. The van der Waals surface area contributed by atoms with Crippen LogP contribution in [-0.4, -0.2) is 9.78 Å². The molecule has 0 spiro atoms. The molecule has 19 heavy (non-hydrogen) atoms. The first-order valence-corrected chi connectivity index (χ1v) is 7.49. The van der Waals surface area contributed by atoms with Crippen LogP contribution in [0.3, 0.4) is 0 Å². The van der Waals surface area contributed by atoms with Crippen LogP contribution in [-0.2, 0) is 6.54 Å². The molecule has 0 aromatic carbocycles. The van der Waals surface area contributed by atoms with E-state index >= 15 is 0 Å². The summed E-state index contributed by atoms with van der Waals surface area (Å²) in [5.74, 6) is 5.74. The van der Waals surface area contributed by atoms with E-state index in [4.69, 9.17) is 17.4 Å². The predicted octanol–water partition coefficient (Wildman–Crippen LogP) is 3.34. The van der Waals surface area contributed by atoms with Crippen molar-refractivity contribution in [3.63, 3.8) is 0 Å². The number of nitrogens with one attached hydrogen (secondary N) is 1. The van der Waals surface area contributed by atoms with Gasteiger partial charge in [0.15, 0.2) is 0 Å². The Bertz CT molecular complexity index is 439. The summed E-state index contributed by atoms with van der Waals surface area (Å²) < 4.78 is 1.97. The van der Waals surface area contributed by atoms with E-state index in [0.717, 1.165) is 25.1 Å². The fraction of sp³-hybridized carbons (Fsp3) is 0.643. The third kappa shape index (κ3) is 3.59. The van der Waals surface area contributed by atoms with Gasteiger partial charge >= 0.3 is 0 Å². The number of hydrogen-bond acceptors (Lipinski definition) is 3. The molecule has 1 aromatic heterocycles. The summed E-state index contributed by atoms with van der Waals surface area (Å²) in [6, 6.07) is 0.0471. The van der Waals surface area contributed by atoms with E-state index in [1.54, 1.807) is 6.20 Å². The molecule has 3 N–H and O–H groups in total. The summed E-state index contributed by atoms with van der Waals surface area (Å²) in [6.07, 6.45) is 11.0. The number of aryl methyl sites for hydroxylation is 1. The first-order valence-electron chi connectivity index (χ1n) is 7.11. The first-order chi connectivity index (χ1) is 9.26. The van der Waals surface area contributed by atoms with Gasteiger partial charge in [0, 0.05) is 6.54 Å². The second-order valence-electron chi connectivity index (χ2n) is 5.13. The van der Waals surface area contributed by atoms with Gasteiger partial charge < -0.3 is 0 Å². The highest BCUT2D eigenvalue weighted by molar-refractivity contribution is 6.31. The minimum Gasteiger partial charge on any atom is -0.271 e. The number of hydrogen-bond donors (Lipinski definition) is 2. The number of halogens is 1. The normalized spacial score (nSPS) is 17.3. The van der Waals surface area contributed by atoms with Crippen molar-refractivity contribution in [2.75, 3.05) is 0 Å². The molecule has 0 amide bonds. The number of nitrogens with zero attached hydrogens (tertiary/aromatic N) is 2. The van der Waals surface area contributed by atoms with Crippen LogP contribution in [0.5, 0.6) is 0 Å². The molecule has 4 nitrogen and oxygen atoms in total. The Morgan fingerprint density at radius 2 is 2.37 bits per heavy atom. The fourth-order valence-electron chi connectivity index (χ4n) is 2.70. The Balaban J connectivity index is 2.16. The summed E-state index contributed by atoms with van der Waals surface area (Å²) in [6.45, 7) is 3.01. The van der Waals surface area contributed by atoms with Crippen LogP contribution in [0.1, 0.15) is 57.2 Å². The SMILES string of the molecule is CCCn1ncc(Cl)c1C(CC1=CCCCC1)NN. The Kier molecular flexibility index (Phi) is 5.43. The third-order valence-corrected chi connectivity index (χ3v) is 3.94. The van der Waals surface area contributed by atoms with Gasteiger partial charge in [-0.05, 0) is 38.5 Å². The Morgan fingerprint density at radius 1 is 1.53 bits per heavy atom. The minimum absolute atomic E-state index is 0.0471. The lowest BCUT2D eigenvalue weighted by molar-refractivity contribution is 0.468. The number of hydrazine groups is 1. The van der Waals surface area contributed by atoms with E-state index in [-0.39, 0.29) is 6.04 Å². The molecule has 1 unspecified atom stereocenters. The van der Waals surface area contributed by atoms with Crippen molar-refractivity contribution >= 4 is 11.6 Å². The molecule has 1 heterocycles. The summed E-state index contributed by atoms with van der Waals surface area (Å²) >= 11 is 6.27. The van der Waals surface area contributed by atoms with E-state index in [1.807, 2.05) is 4.68 Å². The number of allylic oxidation sites excluding steroid dienone is 1. The summed E-state index contributed by atoms with van der Waals surface area (Å²) in [4.78, 5) is 0. The van der Waals surface area contributed by atoms with E-state index < -0.39 is 0 Å². The van der Waals surface area contributed by atoms with Gasteiger partial charge in [-0.3, -0.25) is 16.0 Å². The fourth-order valence-corrected chi connectivity index (χ4v) is 2.97. The molecule has 0 bridgehead atoms. The molecule has 106 valence electrons. The van der Waals surface area contributed by atoms with Gasteiger partial charge in [0.2, 0.25) is 0 Å². The van der Waals surface area contributed by atoms with E-state index in [9.17, 15) is 0 Å². The highest BCUT2D eigenvalue weighted by Gasteiger charge is 2.20. The van der Waals surface area contributed by atoms with Crippen molar-refractivity contribution in [3.05, 3.63) is 28.6 Å². The highest BCUT2D eigenvalue weighted by atomic mass is 35.5. The molecule has 0 aliphatic heterocycles. The van der Waals surface area contributed by atoms with Gasteiger partial charge in [-0.2, -0.15) is 5.10 Å². The maximum atomic E-state index is 6.27. The quantitative estimate of drug-likeness (QED) is 0.478. The van der Waals surface area contributed by atoms with Gasteiger partial charge in [0.1, 0.15) is 0 Å². The van der Waals surface area contributed by atoms with Crippen molar-refractivity contribution in [1.29, 1.82) is 0 Å². The molecule has 1 aromatic rings. The molecular weight excluding hydrogens is 260 g/mol.